The van der Waals surface area contributed by atoms with E-state index in [1.54, 1.807) is 31.4 Å². The van der Waals surface area contributed by atoms with Crippen molar-refractivity contribution in [2.45, 2.75) is 17.6 Å². The van der Waals surface area contributed by atoms with E-state index in [9.17, 15) is 8.42 Å². The lowest BCUT2D eigenvalue weighted by Crippen LogP contribution is -2.42. The molecule has 0 bridgehead atoms. The predicted molar refractivity (Wildman–Crippen MR) is 122 cm³/mol. The lowest BCUT2D eigenvalue weighted by Gasteiger charge is -2.12. The van der Waals surface area contributed by atoms with Crippen molar-refractivity contribution in [3.63, 3.8) is 0 Å². The van der Waals surface area contributed by atoms with Crippen LogP contribution in [-0.4, -0.2) is 46.0 Å². The van der Waals surface area contributed by atoms with Crippen LogP contribution in [0.15, 0.2) is 39.7 Å². The minimum atomic E-state index is -3.45. The van der Waals surface area contributed by atoms with Crippen LogP contribution in [0, 0.1) is 6.92 Å². The van der Waals surface area contributed by atoms with Crippen LogP contribution < -0.4 is 15.4 Å². The number of nitrogens with one attached hydrogen (secondary N) is 3. The van der Waals surface area contributed by atoms with Crippen LogP contribution in [-0.2, 0) is 16.4 Å². The molecule has 0 radical (unpaired) electrons. The Balaban J connectivity index is 0.00000364. The average molecular weight is 544 g/mol. The fourth-order valence-corrected chi connectivity index (χ4v) is 4.57. The molecule has 0 amide bonds. The van der Waals surface area contributed by atoms with E-state index in [0.717, 1.165) is 16.9 Å². The summed E-state index contributed by atoms with van der Waals surface area (Å²) >= 11 is 7.01. The average Bonchev–Trinajstić information content (AvgIpc) is 3.06. The van der Waals surface area contributed by atoms with Crippen molar-refractivity contribution < 1.29 is 8.42 Å². The van der Waals surface area contributed by atoms with Gasteiger partial charge in [-0.2, -0.15) is 0 Å². The second-order valence-corrected chi connectivity index (χ2v) is 9.10. The molecule has 0 spiro atoms. The van der Waals surface area contributed by atoms with Crippen LogP contribution >= 0.6 is 46.9 Å². The SMILES string of the molecule is CN=C(NCCNS(=O)(=O)c1ccc(C)s1)NCCc1ccc(Cl)nc1.I. The van der Waals surface area contributed by atoms with Gasteiger partial charge in [-0.25, -0.2) is 18.1 Å². The quantitative estimate of drug-likeness (QED) is 0.156. The highest BCUT2D eigenvalue weighted by molar-refractivity contribution is 14.0. The molecular weight excluding hydrogens is 521 g/mol. The molecule has 0 aliphatic rings. The normalized spacial score (nSPS) is 11.7. The largest absolute Gasteiger partial charge is 0.356 e. The summed E-state index contributed by atoms with van der Waals surface area (Å²) in [5, 5.41) is 6.71. The Bertz CT molecular complexity index is 841. The maximum atomic E-state index is 12.1. The van der Waals surface area contributed by atoms with Gasteiger partial charge in [0.05, 0.1) is 0 Å². The van der Waals surface area contributed by atoms with Gasteiger partial charge in [0.15, 0.2) is 5.96 Å². The summed E-state index contributed by atoms with van der Waals surface area (Å²) in [5.41, 5.74) is 1.07. The predicted octanol–water partition coefficient (Wildman–Crippen LogP) is 2.41. The van der Waals surface area contributed by atoms with Crippen LogP contribution in [0.4, 0.5) is 0 Å². The Morgan fingerprint density at radius 2 is 1.93 bits per heavy atom. The van der Waals surface area contributed by atoms with Gasteiger partial charge in [-0.15, -0.1) is 35.3 Å². The molecule has 0 unspecified atom stereocenters. The van der Waals surface area contributed by atoms with E-state index in [2.05, 4.69) is 25.3 Å². The van der Waals surface area contributed by atoms with Gasteiger partial charge < -0.3 is 10.6 Å². The molecule has 0 aromatic carbocycles. The second-order valence-electron chi connectivity index (χ2n) is 5.43. The van der Waals surface area contributed by atoms with Gasteiger partial charge >= 0.3 is 0 Å². The first-order valence-corrected chi connectivity index (χ1v) is 10.7. The third-order valence-corrected chi connectivity index (χ3v) is 6.59. The molecule has 2 heterocycles. The van der Waals surface area contributed by atoms with Gasteiger partial charge in [0.25, 0.3) is 0 Å². The zero-order valence-electron chi connectivity index (χ0n) is 15.0. The summed E-state index contributed by atoms with van der Waals surface area (Å²) in [4.78, 5) is 9.11. The number of thiophene rings is 1. The number of hydrogen-bond acceptors (Lipinski definition) is 5. The Morgan fingerprint density at radius 3 is 2.52 bits per heavy atom. The molecule has 0 atom stereocenters. The van der Waals surface area contributed by atoms with Crippen molar-refractivity contribution >= 4 is 62.9 Å². The fourth-order valence-electron chi connectivity index (χ4n) is 2.09. The van der Waals surface area contributed by atoms with Gasteiger partial charge in [-0.05, 0) is 37.1 Å². The number of pyridine rings is 1. The summed E-state index contributed by atoms with van der Waals surface area (Å²) in [7, 11) is -1.79. The van der Waals surface area contributed by atoms with Crippen LogP contribution in [0.1, 0.15) is 10.4 Å². The van der Waals surface area contributed by atoms with Crippen molar-refractivity contribution in [1.82, 2.24) is 20.3 Å². The minimum Gasteiger partial charge on any atom is -0.356 e. The molecule has 27 heavy (non-hydrogen) atoms. The topological polar surface area (TPSA) is 95.5 Å². The summed E-state index contributed by atoms with van der Waals surface area (Å²) in [6.45, 7) is 3.23. The molecule has 0 fully saturated rings. The molecule has 11 heteroatoms. The molecular formula is C16H23ClIN5O2S2. The molecule has 0 aliphatic heterocycles. The molecule has 150 valence electrons. The van der Waals surface area contributed by atoms with Crippen LogP contribution in [0.25, 0.3) is 0 Å². The smallest absolute Gasteiger partial charge is 0.250 e. The van der Waals surface area contributed by atoms with Crippen molar-refractivity contribution in [3.05, 3.63) is 46.1 Å². The van der Waals surface area contributed by atoms with E-state index >= 15 is 0 Å². The van der Waals surface area contributed by atoms with Crippen LogP contribution in [0.5, 0.6) is 0 Å². The zero-order chi connectivity index (χ0) is 19.0. The highest BCUT2D eigenvalue weighted by Gasteiger charge is 2.15. The van der Waals surface area contributed by atoms with Crippen molar-refractivity contribution in [1.29, 1.82) is 0 Å². The summed E-state index contributed by atoms with van der Waals surface area (Å²) < 4.78 is 27.1. The molecule has 2 aromatic rings. The maximum Gasteiger partial charge on any atom is 0.250 e. The van der Waals surface area contributed by atoms with Crippen LogP contribution in [0.2, 0.25) is 5.15 Å². The monoisotopic (exact) mass is 543 g/mol. The molecule has 2 rings (SSSR count). The standard InChI is InChI=1S/C16H22ClN5O2S2.HI/c1-12-3-6-15(25-12)26(23,24)22-10-9-20-16(18-2)19-8-7-13-4-5-14(17)21-11-13;/h3-6,11,22H,7-10H2,1-2H3,(H2,18,19,20);1H. The van der Waals surface area contributed by atoms with Gasteiger partial charge in [0.1, 0.15) is 9.36 Å². The molecule has 2 aromatic heterocycles. The second kappa shape index (κ2) is 11.8. The van der Waals surface area contributed by atoms with E-state index in [4.69, 9.17) is 11.6 Å². The first kappa shape index (κ1) is 24.1. The molecule has 7 nitrogen and oxygen atoms in total. The molecule has 0 aliphatic carbocycles. The Hall–Kier alpha value is -0.950. The first-order valence-electron chi connectivity index (χ1n) is 8.02. The van der Waals surface area contributed by atoms with E-state index < -0.39 is 10.0 Å². The lowest BCUT2D eigenvalue weighted by atomic mass is 10.2. The number of aromatic nitrogens is 1. The maximum absolute atomic E-state index is 12.1. The Kier molecular flexibility index (Phi) is 10.5. The van der Waals surface area contributed by atoms with E-state index in [-0.39, 0.29) is 30.5 Å². The summed E-state index contributed by atoms with van der Waals surface area (Å²) in [6.07, 6.45) is 2.51. The van der Waals surface area contributed by atoms with E-state index in [1.165, 1.54) is 11.3 Å². The van der Waals surface area contributed by atoms with Crippen LogP contribution in [0.3, 0.4) is 0 Å². The van der Waals surface area contributed by atoms with Gasteiger partial charge in [0, 0.05) is 37.8 Å². The number of aryl methyl sites for hydroxylation is 1. The minimum absolute atomic E-state index is 0. The van der Waals surface area contributed by atoms with Crippen molar-refractivity contribution in [2.24, 2.45) is 4.99 Å². The zero-order valence-corrected chi connectivity index (χ0v) is 19.7. The number of sulfonamides is 1. The first-order chi connectivity index (χ1) is 12.4. The highest BCUT2D eigenvalue weighted by atomic mass is 127. The number of aliphatic imine (C=N–C) groups is 1. The van der Waals surface area contributed by atoms with Crippen molar-refractivity contribution in [2.75, 3.05) is 26.7 Å². The number of rotatable bonds is 8. The molecule has 0 saturated heterocycles. The van der Waals surface area contributed by atoms with E-state index in [0.29, 0.717) is 28.4 Å². The number of hydrogen-bond donors (Lipinski definition) is 3. The summed E-state index contributed by atoms with van der Waals surface area (Å²) in [6, 6.07) is 7.08. The molecule has 0 saturated carbocycles. The highest BCUT2D eigenvalue weighted by Crippen LogP contribution is 2.19. The lowest BCUT2D eigenvalue weighted by molar-refractivity contribution is 0.582. The third-order valence-electron chi connectivity index (χ3n) is 3.41. The van der Waals surface area contributed by atoms with Gasteiger partial charge in [-0.1, -0.05) is 17.7 Å². The number of halogens is 2. The Labute approximate surface area is 186 Å². The van der Waals surface area contributed by atoms with Gasteiger partial charge in [-0.3, -0.25) is 4.99 Å². The Morgan fingerprint density at radius 1 is 1.19 bits per heavy atom. The number of nitrogens with zero attached hydrogens (tertiary/aromatic N) is 2. The number of guanidine groups is 1. The van der Waals surface area contributed by atoms with Crippen molar-refractivity contribution in [3.8, 4) is 0 Å². The fraction of sp³-hybridized carbons (Fsp3) is 0.375. The third kappa shape index (κ3) is 8.30. The summed E-state index contributed by atoms with van der Waals surface area (Å²) in [5.74, 6) is 0.609. The van der Waals surface area contributed by atoms with E-state index in [1.807, 2.05) is 13.0 Å². The molecule has 3 N–H and O–H groups in total. The van der Waals surface area contributed by atoms with Gasteiger partial charge in [0.2, 0.25) is 10.0 Å².